The number of aliphatic hydroxyl groups is 1. The highest BCUT2D eigenvalue weighted by atomic mass is 35.5. The number of nitrogens with one attached hydrogen (secondary N) is 3. The fourth-order valence-electron chi connectivity index (χ4n) is 2.88. The van der Waals surface area contributed by atoms with Crippen LogP contribution in [0.1, 0.15) is 34.8 Å². The highest BCUT2D eigenvalue weighted by Crippen LogP contribution is 2.24. The number of ether oxygens (including phenoxy) is 1. The maximum absolute atomic E-state index is 12.5. The SMILES string of the molecule is CCOC(=O)c1[nH]c(-c2c(NC[C@@H](O)c3cccc(Cl)c3)cc[nH]c2=O)nc1C. The first kappa shape index (κ1) is 20.6. The normalized spacial score (nSPS) is 11.9. The number of carbonyl (C=O) groups is 1. The number of hydrogen-bond acceptors (Lipinski definition) is 6. The number of aromatic amines is 2. The van der Waals surface area contributed by atoms with Crippen molar-refractivity contribution in [1.29, 1.82) is 0 Å². The molecule has 0 unspecified atom stereocenters. The number of hydrogen-bond donors (Lipinski definition) is 4. The highest BCUT2D eigenvalue weighted by Gasteiger charge is 2.20. The molecule has 4 N–H and O–H groups in total. The Bertz CT molecular complexity index is 1080. The van der Waals surface area contributed by atoms with Gasteiger partial charge in [0.2, 0.25) is 0 Å². The Balaban J connectivity index is 1.87. The van der Waals surface area contributed by atoms with Crippen LogP contribution in [0.2, 0.25) is 5.02 Å². The van der Waals surface area contributed by atoms with E-state index in [-0.39, 0.29) is 30.2 Å². The van der Waals surface area contributed by atoms with Gasteiger partial charge in [0, 0.05) is 17.8 Å². The van der Waals surface area contributed by atoms with E-state index in [9.17, 15) is 14.7 Å². The van der Waals surface area contributed by atoms with Gasteiger partial charge < -0.3 is 25.1 Å². The number of aryl methyl sites for hydroxylation is 1. The van der Waals surface area contributed by atoms with Crippen LogP contribution in [-0.2, 0) is 4.74 Å². The van der Waals surface area contributed by atoms with E-state index in [4.69, 9.17) is 16.3 Å². The molecule has 3 rings (SSSR count). The molecule has 0 aliphatic carbocycles. The molecule has 152 valence electrons. The van der Waals surface area contributed by atoms with Gasteiger partial charge in [0.15, 0.2) is 0 Å². The molecule has 0 bridgehead atoms. The van der Waals surface area contributed by atoms with Gasteiger partial charge in [-0.25, -0.2) is 9.78 Å². The van der Waals surface area contributed by atoms with Crippen LogP contribution in [0.15, 0.2) is 41.3 Å². The number of aromatic nitrogens is 3. The summed E-state index contributed by atoms with van der Waals surface area (Å²) in [5, 5.41) is 14.0. The summed E-state index contributed by atoms with van der Waals surface area (Å²) in [5.41, 5.74) is 1.55. The molecule has 8 nitrogen and oxygen atoms in total. The minimum Gasteiger partial charge on any atom is -0.461 e. The number of imidazole rings is 1. The molecule has 0 amide bonds. The first-order valence-corrected chi connectivity index (χ1v) is 9.41. The number of aliphatic hydroxyl groups excluding tert-OH is 1. The molecule has 0 saturated carbocycles. The number of rotatable bonds is 7. The summed E-state index contributed by atoms with van der Waals surface area (Å²) in [6.45, 7) is 3.73. The number of benzene rings is 1. The van der Waals surface area contributed by atoms with Crippen molar-refractivity contribution in [2.24, 2.45) is 0 Å². The summed E-state index contributed by atoms with van der Waals surface area (Å²) >= 11 is 5.97. The van der Waals surface area contributed by atoms with E-state index in [1.165, 1.54) is 6.20 Å². The first-order valence-electron chi connectivity index (χ1n) is 9.04. The van der Waals surface area contributed by atoms with Crippen LogP contribution >= 0.6 is 11.6 Å². The van der Waals surface area contributed by atoms with Crippen molar-refractivity contribution in [3.05, 3.63) is 68.9 Å². The fraction of sp³-hybridized carbons (Fsp3) is 0.250. The summed E-state index contributed by atoms with van der Waals surface area (Å²) in [4.78, 5) is 34.3. The Hall–Kier alpha value is -3.10. The van der Waals surface area contributed by atoms with E-state index < -0.39 is 17.6 Å². The second-order valence-corrected chi connectivity index (χ2v) is 6.75. The van der Waals surface area contributed by atoms with Crippen molar-refractivity contribution in [2.45, 2.75) is 20.0 Å². The van der Waals surface area contributed by atoms with Gasteiger partial charge >= 0.3 is 5.97 Å². The summed E-state index contributed by atoms with van der Waals surface area (Å²) in [6, 6.07) is 8.57. The molecule has 1 atom stereocenters. The predicted molar refractivity (Wildman–Crippen MR) is 110 cm³/mol. The molecule has 29 heavy (non-hydrogen) atoms. The first-order chi connectivity index (χ1) is 13.9. The van der Waals surface area contributed by atoms with Gasteiger partial charge in [-0.15, -0.1) is 0 Å². The smallest absolute Gasteiger partial charge is 0.356 e. The van der Waals surface area contributed by atoms with Gasteiger partial charge in [0.25, 0.3) is 5.56 Å². The van der Waals surface area contributed by atoms with Crippen molar-refractivity contribution in [1.82, 2.24) is 15.0 Å². The second-order valence-electron chi connectivity index (χ2n) is 6.31. The van der Waals surface area contributed by atoms with E-state index in [1.54, 1.807) is 44.2 Å². The maximum Gasteiger partial charge on any atom is 0.356 e. The molecule has 0 aliphatic heterocycles. The lowest BCUT2D eigenvalue weighted by molar-refractivity contribution is 0.0519. The van der Waals surface area contributed by atoms with Crippen LogP contribution in [0.3, 0.4) is 0 Å². The van der Waals surface area contributed by atoms with Crippen LogP contribution in [0.5, 0.6) is 0 Å². The summed E-state index contributed by atoms with van der Waals surface area (Å²) < 4.78 is 5.00. The van der Waals surface area contributed by atoms with E-state index >= 15 is 0 Å². The van der Waals surface area contributed by atoms with Gasteiger partial charge in [0.1, 0.15) is 17.1 Å². The van der Waals surface area contributed by atoms with E-state index in [0.717, 1.165) is 0 Å². The van der Waals surface area contributed by atoms with Gasteiger partial charge in [0.05, 0.1) is 24.1 Å². The van der Waals surface area contributed by atoms with Crippen LogP contribution in [0, 0.1) is 6.92 Å². The molecule has 0 saturated heterocycles. The minimum atomic E-state index is -0.839. The Morgan fingerprint density at radius 2 is 2.17 bits per heavy atom. The number of anilines is 1. The Morgan fingerprint density at radius 1 is 1.38 bits per heavy atom. The van der Waals surface area contributed by atoms with Gasteiger partial charge in [-0.05, 0) is 37.6 Å². The third-order valence-electron chi connectivity index (χ3n) is 4.28. The molecule has 2 aromatic heterocycles. The molecule has 0 radical (unpaired) electrons. The van der Waals surface area contributed by atoms with E-state index in [0.29, 0.717) is 22.0 Å². The number of carbonyl (C=O) groups excluding carboxylic acids is 1. The van der Waals surface area contributed by atoms with Crippen LogP contribution in [-0.4, -0.2) is 39.2 Å². The van der Waals surface area contributed by atoms with Crippen LogP contribution in [0.25, 0.3) is 11.4 Å². The zero-order chi connectivity index (χ0) is 21.0. The van der Waals surface area contributed by atoms with Crippen molar-refractivity contribution >= 4 is 23.3 Å². The van der Waals surface area contributed by atoms with Gasteiger partial charge in [-0.1, -0.05) is 23.7 Å². The van der Waals surface area contributed by atoms with Crippen LogP contribution < -0.4 is 10.9 Å². The average molecular weight is 417 g/mol. The third-order valence-corrected chi connectivity index (χ3v) is 4.52. The number of halogens is 1. The molecule has 9 heteroatoms. The Kier molecular flexibility index (Phi) is 6.36. The molecule has 0 spiro atoms. The summed E-state index contributed by atoms with van der Waals surface area (Å²) in [5.74, 6) is -0.311. The predicted octanol–water partition coefficient (Wildman–Crippen LogP) is 3.05. The zero-order valence-electron chi connectivity index (χ0n) is 16.0. The molecule has 0 fully saturated rings. The fourth-order valence-corrected chi connectivity index (χ4v) is 3.08. The summed E-state index contributed by atoms with van der Waals surface area (Å²) in [6.07, 6.45) is 0.649. The molecule has 2 heterocycles. The highest BCUT2D eigenvalue weighted by molar-refractivity contribution is 6.30. The largest absolute Gasteiger partial charge is 0.461 e. The lowest BCUT2D eigenvalue weighted by Gasteiger charge is -2.15. The number of nitrogens with zero attached hydrogens (tertiary/aromatic N) is 1. The quantitative estimate of drug-likeness (QED) is 0.439. The summed E-state index contributed by atoms with van der Waals surface area (Å²) in [7, 11) is 0. The number of H-pyrrole nitrogens is 2. The van der Waals surface area contributed by atoms with Crippen molar-refractivity contribution in [2.75, 3.05) is 18.5 Å². The topological polar surface area (TPSA) is 120 Å². The third kappa shape index (κ3) is 4.67. The second kappa shape index (κ2) is 8.93. The molecular weight excluding hydrogens is 396 g/mol. The van der Waals surface area contributed by atoms with E-state index in [1.807, 2.05) is 0 Å². The molecule has 1 aromatic carbocycles. The molecule has 3 aromatic rings. The lowest BCUT2D eigenvalue weighted by atomic mass is 10.1. The maximum atomic E-state index is 12.5. The van der Waals surface area contributed by atoms with Crippen molar-refractivity contribution in [3.63, 3.8) is 0 Å². The zero-order valence-corrected chi connectivity index (χ0v) is 16.7. The Morgan fingerprint density at radius 3 is 2.90 bits per heavy atom. The van der Waals surface area contributed by atoms with Gasteiger partial charge in [-0.2, -0.15) is 0 Å². The number of esters is 1. The molecular formula is C20H21ClN4O4. The number of pyridine rings is 1. The van der Waals surface area contributed by atoms with Crippen LogP contribution in [0.4, 0.5) is 5.69 Å². The molecule has 0 aliphatic rings. The minimum absolute atomic E-state index is 0.140. The lowest BCUT2D eigenvalue weighted by Crippen LogP contribution is -2.17. The van der Waals surface area contributed by atoms with Gasteiger partial charge in [-0.3, -0.25) is 4.79 Å². The standard InChI is InChI=1S/C20H21ClN4O4/c1-3-29-20(28)17-11(2)24-18(25-17)16-14(7-8-22-19(16)27)23-10-15(26)12-5-4-6-13(21)9-12/h4-9,15,26H,3,10H2,1-2H3,(H,24,25)(H2,22,23,27)/t15-/m1/s1. The Labute approximate surface area is 171 Å². The van der Waals surface area contributed by atoms with E-state index in [2.05, 4.69) is 20.3 Å². The average Bonchev–Trinajstić information content (AvgIpc) is 3.07. The van der Waals surface area contributed by atoms with Crippen molar-refractivity contribution < 1.29 is 14.6 Å². The monoisotopic (exact) mass is 416 g/mol. The van der Waals surface area contributed by atoms with Crippen molar-refractivity contribution in [3.8, 4) is 11.4 Å².